The molecule has 0 aliphatic heterocycles. The van der Waals surface area contributed by atoms with Gasteiger partial charge >= 0.3 is 0 Å². The van der Waals surface area contributed by atoms with Gasteiger partial charge in [0.15, 0.2) is 0 Å². The Labute approximate surface area is 108 Å². The Bertz CT molecular complexity index is 563. The number of anilines is 1. The Morgan fingerprint density at radius 2 is 2.06 bits per heavy atom. The standard InChI is InChI=1S/C12H9Cl2NO2/c1-7-2-3-8(13)6-10(7)15-12(16)9-4-5-17-11(9)14/h2-6H,1H3,(H,15,16). The number of hydrogen-bond acceptors (Lipinski definition) is 2. The molecule has 1 aromatic carbocycles. The van der Waals surface area contributed by atoms with E-state index in [1.54, 1.807) is 12.1 Å². The van der Waals surface area contributed by atoms with Crippen LogP contribution in [0.1, 0.15) is 15.9 Å². The highest BCUT2D eigenvalue weighted by Gasteiger charge is 2.13. The highest BCUT2D eigenvalue weighted by Crippen LogP contribution is 2.23. The molecule has 0 atom stereocenters. The molecule has 88 valence electrons. The first-order valence-electron chi connectivity index (χ1n) is 4.88. The van der Waals surface area contributed by atoms with E-state index in [4.69, 9.17) is 27.6 Å². The summed E-state index contributed by atoms with van der Waals surface area (Å²) in [6.45, 7) is 1.88. The lowest BCUT2D eigenvalue weighted by Crippen LogP contribution is -2.12. The van der Waals surface area contributed by atoms with Crippen molar-refractivity contribution in [2.75, 3.05) is 5.32 Å². The number of carbonyl (C=O) groups is 1. The van der Waals surface area contributed by atoms with Gasteiger partial charge in [0.05, 0.1) is 11.8 Å². The smallest absolute Gasteiger partial charge is 0.260 e. The van der Waals surface area contributed by atoms with Crippen LogP contribution < -0.4 is 5.32 Å². The molecule has 1 aromatic heterocycles. The van der Waals surface area contributed by atoms with Crippen molar-refractivity contribution in [3.8, 4) is 0 Å². The topological polar surface area (TPSA) is 42.2 Å². The highest BCUT2D eigenvalue weighted by molar-refractivity contribution is 6.33. The molecule has 0 bridgehead atoms. The van der Waals surface area contributed by atoms with Gasteiger partial charge in [0.2, 0.25) is 5.22 Å². The third kappa shape index (κ3) is 2.62. The third-order valence-corrected chi connectivity index (χ3v) is 2.84. The van der Waals surface area contributed by atoms with Crippen molar-refractivity contribution in [1.82, 2.24) is 0 Å². The summed E-state index contributed by atoms with van der Waals surface area (Å²) in [6, 6.07) is 6.78. The fourth-order valence-corrected chi connectivity index (χ4v) is 1.75. The molecular formula is C12H9Cl2NO2. The zero-order valence-electron chi connectivity index (χ0n) is 8.96. The number of hydrogen-bond donors (Lipinski definition) is 1. The van der Waals surface area contributed by atoms with Gasteiger partial charge in [-0.2, -0.15) is 0 Å². The van der Waals surface area contributed by atoms with E-state index in [9.17, 15) is 4.79 Å². The van der Waals surface area contributed by atoms with Gasteiger partial charge in [0.25, 0.3) is 5.91 Å². The third-order valence-electron chi connectivity index (χ3n) is 2.31. The van der Waals surface area contributed by atoms with Crippen LogP contribution in [0, 0.1) is 6.92 Å². The van der Waals surface area contributed by atoms with Crippen molar-refractivity contribution in [2.45, 2.75) is 6.92 Å². The summed E-state index contributed by atoms with van der Waals surface area (Å²) in [7, 11) is 0. The molecule has 0 spiro atoms. The number of nitrogens with one attached hydrogen (secondary N) is 1. The van der Waals surface area contributed by atoms with E-state index < -0.39 is 0 Å². The largest absolute Gasteiger partial charge is 0.452 e. The van der Waals surface area contributed by atoms with Crippen molar-refractivity contribution in [1.29, 1.82) is 0 Å². The van der Waals surface area contributed by atoms with Crippen LogP contribution in [0.3, 0.4) is 0 Å². The van der Waals surface area contributed by atoms with Crippen LogP contribution in [-0.2, 0) is 0 Å². The van der Waals surface area contributed by atoms with Crippen LogP contribution in [0.25, 0.3) is 0 Å². The van der Waals surface area contributed by atoms with Crippen LogP contribution in [0.15, 0.2) is 34.9 Å². The minimum atomic E-state index is -0.325. The molecule has 0 radical (unpaired) electrons. The lowest BCUT2D eigenvalue weighted by molar-refractivity contribution is 0.102. The highest BCUT2D eigenvalue weighted by atomic mass is 35.5. The van der Waals surface area contributed by atoms with Gasteiger partial charge in [-0.1, -0.05) is 17.7 Å². The molecule has 0 fully saturated rings. The molecule has 1 N–H and O–H groups in total. The molecular weight excluding hydrogens is 261 g/mol. The molecule has 17 heavy (non-hydrogen) atoms. The van der Waals surface area contributed by atoms with Gasteiger partial charge in [-0.3, -0.25) is 4.79 Å². The van der Waals surface area contributed by atoms with Crippen LogP contribution in [0.4, 0.5) is 5.69 Å². The summed E-state index contributed by atoms with van der Waals surface area (Å²) in [6.07, 6.45) is 1.36. The van der Waals surface area contributed by atoms with Crippen LogP contribution in [-0.4, -0.2) is 5.91 Å². The Hall–Kier alpha value is -1.45. The molecule has 5 heteroatoms. The summed E-state index contributed by atoms with van der Waals surface area (Å²) < 4.78 is 4.86. The number of carbonyl (C=O) groups excluding carboxylic acids is 1. The first-order valence-corrected chi connectivity index (χ1v) is 5.64. The molecule has 0 unspecified atom stereocenters. The molecule has 2 aromatic rings. The molecule has 1 heterocycles. The van der Waals surface area contributed by atoms with Gasteiger partial charge in [-0.05, 0) is 42.3 Å². The van der Waals surface area contributed by atoms with Crippen molar-refractivity contribution < 1.29 is 9.21 Å². The molecule has 2 rings (SSSR count). The predicted molar refractivity (Wildman–Crippen MR) is 67.9 cm³/mol. The maximum Gasteiger partial charge on any atom is 0.260 e. The zero-order chi connectivity index (χ0) is 12.4. The van der Waals surface area contributed by atoms with E-state index in [0.29, 0.717) is 16.3 Å². The van der Waals surface area contributed by atoms with E-state index in [1.165, 1.54) is 12.3 Å². The monoisotopic (exact) mass is 269 g/mol. The molecule has 0 saturated heterocycles. The van der Waals surface area contributed by atoms with Crippen LogP contribution >= 0.6 is 23.2 Å². The van der Waals surface area contributed by atoms with E-state index in [-0.39, 0.29) is 11.1 Å². The van der Waals surface area contributed by atoms with Gasteiger partial charge in [0, 0.05) is 10.7 Å². The second-order valence-electron chi connectivity index (χ2n) is 3.52. The number of benzene rings is 1. The maximum atomic E-state index is 11.9. The second kappa shape index (κ2) is 4.82. The minimum absolute atomic E-state index is 0.0715. The van der Waals surface area contributed by atoms with Crippen molar-refractivity contribution >= 4 is 34.8 Å². The average molecular weight is 270 g/mol. The normalized spacial score (nSPS) is 10.3. The summed E-state index contributed by atoms with van der Waals surface area (Å²) >= 11 is 11.6. The van der Waals surface area contributed by atoms with Gasteiger partial charge in [0.1, 0.15) is 0 Å². The number of aryl methyl sites for hydroxylation is 1. The van der Waals surface area contributed by atoms with Crippen molar-refractivity contribution in [3.05, 3.63) is 51.9 Å². The second-order valence-corrected chi connectivity index (χ2v) is 4.30. The van der Waals surface area contributed by atoms with Crippen molar-refractivity contribution in [3.63, 3.8) is 0 Å². The maximum absolute atomic E-state index is 11.9. The number of halogens is 2. The predicted octanol–water partition coefficient (Wildman–Crippen LogP) is 4.15. The zero-order valence-corrected chi connectivity index (χ0v) is 10.5. The van der Waals surface area contributed by atoms with E-state index in [1.807, 2.05) is 13.0 Å². The molecule has 1 amide bonds. The SMILES string of the molecule is Cc1ccc(Cl)cc1NC(=O)c1ccoc1Cl. The molecule has 0 aliphatic carbocycles. The van der Waals surface area contributed by atoms with Gasteiger partial charge < -0.3 is 9.73 Å². The van der Waals surface area contributed by atoms with Gasteiger partial charge in [-0.25, -0.2) is 0 Å². The Morgan fingerprint density at radius 3 is 2.71 bits per heavy atom. The molecule has 0 aliphatic rings. The number of furan rings is 1. The summed E-state index contributed by atoms with van der Waals surface area (Å²) in [5.74, 6) is -0.325. The van der Waals surface area contributed by atoms with Crippen LogP contribution in [0.2, 0.25) is 10.2 Å². The van der Waals surface area contributed by atoms with Crippen molar-refractivity contribution in [2.24, 2.45) is 0 Å². The Morgan fingerprint density at radius 1 is 1.29 bits per heavy atom. The summed E-state index contributed by atoms with van der Waals surface area (Å²) in [4.78, 5) is 11.9. The van der Waals surface area contributed by atoms with E-state index >= 15 is 0 Å². The number of amides is 1. The summed E-state index contributed by atoms with van der Waals surface area (Å²) in [5.41, 5.74) is 1.87. The molecule has 0 saturated carbocycles. The Balaban J connectivity index is 2.24. The molecule has 3 nitrogen and oxygen atoms in total. The summed E-state index contributed by atoms with van der Waals surface area (Å²) in [5, 5.41) is 3.36. The fraction of sp³-hybridized carbons (Fsp3) is 0.0833. The van der Waals surface area contributed by atoms with E-state index in [0.717, 1.165) is 5.56 Å². The number of rotatable bonds is 2. The quantitative estimate of drug-likeness (QED) is 0.890. The van der Waals surface area contributed by atoms with Gasteiger partial charge in [-0.15, -0.1) is 0 Å². The van der Waals surface area contributed by atoms with Crippen LogP contribution in [0.5, 0.6) is 0 Å². The average Bonchev–Trinajstić information content (AvgIpc) is 2.70. The lowest BCUT2D eigenvalue weighted by Gasteiger charge is -2.07. The first kappa shape index (κ1) is 12.0. The fourth-order valence-electron chi connectivity index (χ4n) is 1.37. The van der Waals surface area contributed by atoms with E-state index in [2.05, 4.69) is 5.32 Å². The Kier molecular flexibility index (Phi) is 3.41. The first-order chi connectivity index (χ1) is 8.08. The minimum Gasteiger partial charge on any atom is -0.452 e. The lowest BCUT2D eigenvalue weighted by atomic mass is 10.2.